The van der Waals surface area contributed by atoms with Gasteiger partial charge in [0, 0.05) is 0 Å². The molecule has 0 radical (unpaired) electrons. The summed E-state index contributed by atoms with van der Waals surface area (Å²) in [5, 5.41) is 8.87. The van der Waals surface area contributed by atoms with Gasteiger partial charge in [-0.2, -0.15) is 5.48 Å². The lowest BCUT2D eigenvalue weighted by molar-refractivity contribution is -0.143. The van der Waals surface area contributed by atoms with Crippen molar-refractivity contribution < 1.29 is 24.3 Å². The maximum absolute atomic E-state index is 10.9. The number of rotatable bonds is 7. The van der Waals surface area contributed by atoms with Gasteiger partial charge in [-0.15, -0.1) is 0 Å². The van der Waals surface area contributed by atoms with Gasteiger partial charge in [0.2, 0.25) is 0 Å². The minimum absolute atomic E-state index is 0.0650. The minimum Gasteiger partial charge on any atom is -0.480 e. The van der Waals surface area contributed by atoms with Crippen LogP contribution in [0.1, 0.15) is 5.56 Å². The molecule has 0 saturated carbocycles. The van der Waals surface area contributed by atoms with Crippen molar-refractivity contribution in [3.63, 3.8) is 0 Å². The topological polar surface area (TPSA) is 119 Å². The molecule has 7 nitrogen and oxygen atoms in total. The van der Waals surface area contributed by atoms with E-state index in [0.29, 0.717) is 0 Å². The second-order valence-electron chi connectivity index (χ2n) is 3.54. The molecule has 0 unspecified atom stereocenters. The van der Waals surface area contributed by atoms with E-state index in [-0.39, 0.29) is 6.61 Å². The molecule has 19 heavy (non-hydrogen) atoms. The molecule has 1 aromatic rings. The SMILES string of the molecule is NC(=O)C(=C=O)[C@H](NOCc1ccccc1)C(=O)O. The molecular formula is C12H12N2O5. The van der Waals surface area contributed by atoms with E-state index >= 15 is 0 Å². The second kappa shape index (κ2) is 7.07. The van der Waals surface area contributed by atoms with Gasteiger partial charge in [-0.1, -0.05) is 30.3 Å². The fraction of sp³-hybridized carbons (Fsp3) is 0.167. The molecule has 4 N–H and O–H groups in total. The first-order valence-corrected chi connectivity index (χ1v) is 5.25. The Hall–Kier alpha value is -2.47. The zero-order valence-electron chi connectivity index (χ0n) is 9.83. The Bertz CT molecular complexity index is 508. The van der Waals surface area contributed by atoms with E-state index in [0.717, 1.165) is 5.56 Å². The van der Waals surface area contributed by atoms with E-state index in [2.05, 4.69) is 5.48 Å². The molecule has 1 rings (SSSR count). The third-order valence-electron chi connectivity index (χ3n) is 2.19. The summed E-state index contributed by atoms with van der Waals surface area (Å²) in [7, 11) is 0. The highest BCUT2D eigenvalue weighted by Crippen LogP contribution is 2.02. The highest BCUT2D eigenvalue weighted by molar-refractivity contribution is 6.05. The maximum atomic E-state index is 10.9. The van der Waals surface area contributed by atoms with Crippen LogP contribution in [0.5, 0.6) is 0 Å². The molecule has 1 aromatic carbocycles. The first-order chi connectivity index (χ1) is 9.06. The van der Waals surface area contributed by atoms with Crippen molar-refractivity contribution in [2.24, 2.45) is 5.73 Å². The summed E-state index contributed by atoms with van der Waals surface area (Å²) in [5.74, 6) is -1.44. The summed E-state index contributed by atoms with van der Waals surface area (Å²) in [5.41, 5.74) is 7.02. The number of hydroxylamine groups is 1. The smallest absolute Gasteiger partial charge is 0.328 e. The summed E-state index contributed by atoms with van der Waals surface area (Å²) >= 11 is 0. The maximum Gasteiger partial charge on any atom is 0.328 e. The van der Waals surface area contributed by atoms with Crippen LogP contribution in [-0.4, -0.2) is 29.0 Å². The minimum atomic E-state index is -1.65. The number of hydrogen-bond donors (Lipinski definition) is 3. The Morgan fingerprint density at radius 1 is 1.37 bits per heavy atom. The quantitative estimate of drug-likeness (QED) is 0.344. The van der Waals surface area contributed by atoms with Gasteiger partial charge in [-0.25, -0.2) is 4.79 Å². The molecule has 0 saturated heterocycles. The fourth-order valence-corrected chi connectivity index (χ4v) is 1.27. The van der Waals surface area contributed by atoms with Crippen LogP contribution < -0.4 is 11.2 Å². The number of carboxylic acid groups (broad SMARTS) is 1. The van der Waals surface area contributed by atoms with Crippen LogP contribution in [0.25, 0.3) is 0 Å². The molecule has 100 valence electrons. The molecule has 1 amide bonds. The van der Waals surface area contributed by atoms with Crippen molar-refractivity contribution in [3.05, 3.63) is 41.5 Å². The van der Waals surface area contributed by atoms with Gasteiger partial charge in [0.1, 0.15) is 11.5 Å². The van der Waals surface area contributed by atoms with Crippen LogP contribution in [-0.2, 0) is 25.8 Å². The lowest BCUT2D eigenvalue weighted by Gasteiger charge is -2.13. The van der Waals surface area contributed by atoms with Crippen LogP contribution in [0.15, 0.2) is 35.9 Å². The first-order valence-electron chi connectivity index (χ1n) is 5.25. The van der Waals surface area contributed by atoms with Crippen molar-refractivity contribution in [2.45, 2.75) is 12.6 Å². The van der Waals surface area contributed by atoms with Crippen LogP contribution in [0.2, 0.25) is 0 Å². The Morgan fingerprint density at radius 2 is 2.00 bits per heavy atom. The van der Waals surface area contributed by atoms with Crippen molar-refractivity contribution in [3.8, 4) is 0 Å². The van der Waals surface area contributed by atoms with Crippen molar-refractivity contribution in [2.75, 3.05) is 0 Å². The van der Waals surface area contributed by atoms with Crippen LogP contribution in [0.4, 0.5) is 0 Å². The molecule has 7 heteroatoms. The molecule has 0 aliphatic carbocycles. The number of carbonyl (C=O) groups excluding carboxylic acids is 2. The highest BCUT2D eigenvalue weighted by atomic mass is 16.6. The van der Waals surface area contributed by atoms with Crippen LogP contribution in [0, 0.1) is 0 Å². The predicted molar refractivity (Wildman–Crippen MR) is 64.2 cm³/mol. The zero-order chi connectivity index (χ0) is 14.3. The molecular weight excluding hydrogens is 252 g/mol. The third kappa shape index (κ3) is 4.36. The molecule has 0 fully saturated rings. The van der Waals surface area contributed by atoms with Gasteiger partial charge in [-0.3, -0.25) is 14.4 Å². The van der Waals surface area contributed by atoms with E-state index in [9.17, 15) is 14.4 Å². The van der Waals surface area contributed by atoms with Gasteiger partial charge in [0.15, 0.2) is 6.04 Å². The highest BCUT2D eigenvalue weighted by Gasteiger charge is 2.27. The summed E-state index contributed by atoms with van der Waals surface area (Å²) in [4.78, 5) is 37.2. The standard InChI is InChI=1S/C12H12N2O5/c13-11(16)9(6-15)10(12(17)18)14-19-7-8-4-2-1-3-5-8/h1-5,10,14H,7H2,(H2,13,16)(H,17,18)/t10-/m0/s1. The summed E-state index contributed by atoms with van der Waals surface area (Å²) in [6.07, 6.45) is 0. The van der Waals surface area contributed by atoms with Crippen LogP contribution in [0.3, 0.4) is 0 Å². The van der Waals surface area contributed by atoms with Crippen molar-refractivity contribution in [1.82, 2.24) is 5.48 Å². The number of amides is 1. The number of carbonyl (C=O) groups is 2. The number of benzene rings is 1. The fourth-order valence-electron chi connectivity index (χ4n) is 1.27. The molecule has 0 aliphatic rings. The predicted octanol–water partition coefficient (Wildman–Crippen LogP) is -0.596. The normalized spacial score (nSPS) is 11.4. The summed E-state index contributed by atoms with van der Waals surface area (Å²) in [6.45, 7) is 0.0650. The van der Waals surface area contributed by atoms with Crippen molar-refractivity contribution >= 4 is 17.8 Å². The van der Waals surface area contributed by atoms with Crippen molar-refractivity contribution in [1.29, 1.82) is 0 Å². The largest absolute Gasteiger partial charge is 0.480 e. The first kappa shape index (κ1) is 14.6. The van der Waals surface area contributed by atoms with E-state index in [4.69, 9.17) is 15.7 Å². The Balaban J connectivity index is 2.63. The van der Waals surface area contributed by atoms with Crippen LogP contribution >= 0.6 is 0 Å². The number of nitrogens with two attached hydrogens (primary N) is 1. The molecule has 1 atom stereocenters. The lowest BCUT2D eigenvalue weighted by Crippen LogP contribution is -2.42. The number of primary amides is 1. The molecule has 0 aliphatic heterocycles. The molecule has 0 aromatic heterocycles. The third-order valence-corrected chi connectivity index (χ3v) is 2.19. The molecule has 0 spiro atoms. The Kier molecular flexibility index (Phi) is 5.43. The number of aliphatic carboxylic acids is 1. The van der Waals surface area contributed by atoms with Gasteiger partial charge in [0.05, 0.1) is 6.61 Å². The molecule has 0 heterocycles. The Morgan fingerprint density at radius 3 is 2.47 bits per heavy atom. The lowest BCUT2D eigenvalue weighted by atomic mass is 10.1. The average molecular weight is 264 g/mol. The van der Waals surface area contributed by atoms with Gasteiger partial charge in [0.25, 0.3) is 5.91 Å². The average Bonchev–Trinajstić information content (AvgIpc) is 2.38. The summed E-state index contributed by atoms with van der Waals surface area (Å²) < 4.78 is 0. The van der Waals surface area contributed by atoms with Gasteiger partial charge >= 0.3 is 5.97 Å². The van der Waals surface area contributed by atoms with E-state index in [1.165, 1.54) is 5.94 Å². The molecule has 0 bridgehead atoms. The number of nitrogens with one attached hydrogen (secondary N) is 1. The number of hydrogen-bond acceptors (Lipinski definition) is 5. The zero-order valence-corrected chi connectivity index (χ0v) is 9.83. The van der Waals surface area contributed by atoms with E-state index < -0.39 is 23.5 Å². The second-order valence-corrected chi connectivity index (χ2v) is 3.54. The van der Waals surface area contributed by atoms with E-state index in [1.54, 1.807) is 24.3 Å². The van der Waals surface area contributed by atoms with Gasteiger partial charge < -0.3 is 10.8 Å². The number of carboxylic acids is 1. The van der Waals surface area contributed by atoms with Gasteiger partial charge in [-0.05, 0) is 5.56 Å². The van der Waals surface area contributed by atoms with E-state index in [1.807, 2.05) is 6.07 Å². The monoisotopic (exact) mass is 264 g/mol. The Labute approximate surface area is 108 Å². The summed E-state index contributed by atoms with van der Waals surface area (Å²) in [6, 6.07) is 7.27.